The van der Waals surface area contributed by atoms with Crippen LogP contribution < -0.4 is 10.1 Å². The molecule has 1 N–H and O–H groups in total. The minimum Gasteiger partial charge on any atom is -0.433 e. The average Bonchev–Trinajstić information content (AvgIpc) is 2.89. The molecule has 0 radical (unpaired) electrons. The maximum atomic E-state index is 12.4. The van der Waals surface area contributed by atoms with Crippen molar-refractivity contribution in [1.29, 1.82) is 0 Å². The van der Waals surface area contributed by atoms with Crippen molar-refractivity contribution in [3.8, 4) is 5.75 Å². The summed E-state index contributed by atoms with van der Waals surface area (Å²) < 4.78 is 31.3. The lowest BCUT2D eigenvalue weighted by molar-refractivity contribution is -0.0493. The largest absolute Gasteiger partial charge is 0.433 e. The highest BCUT2D eigenvalue weighted by atomic mass is 19.3. The van der Waals surface area contributed by atoms with Crippen LogP contribution in [0.15, 0.2) is 24.3 Å². The summed E-state index contributed by atoms with van der Waals surface area (Å²) in [6.45, 7) is -1.50. The maximum Gasteiger partial charge on any atom is 0.387 e. The molecule has 7 heteroatoms. The number of nitrogens with one attached hydrogen (secondary N) is 1. The topological polar surface area (TPSA) is 52.0 Å². The highest BCUT2D eigenvalue weighted by molar-refractivity contribution is 5.56. The lowest BCUT2D eigenvalue weighted by Crippen LogP contribution is -2.15. The van der Waals surface area contributed by atoms with Gasteiger partial charge in [-0.2, -0.15) is 8.78 Å². The summed E-state index contributed by atoms with van der Waals surface area (Å²) in [4.78, 5) is 0. The molecule has 0 unspecified atom stereocenters. The van der Waals surface area contributed by atoms with Crippen molar-refractivity contribution in [2.75, 3.05) is 5.32 Å². The number of nitrogens with zero attached hydrogens (tertiary/aromatic N) is 3. The molecule has 1 aromatic carbocycles. The van der Waals surface area contributed by atoms with Gasteiger partial charge in [0.2, 0.25) is 0 Å². The molecule has 0 saturated heterocycles. The van der Waals surface area contributed by atoms with Crippen molar-refractivity contribution < 1.29 is 13.5 Å². The molecular weight excluding hydrogens is 278 g/mol. The van der Waals surface area contributed by atoms with Crippen molar-refractivity contribution in [2.24, 2.45) is 0 Å². The lowest BCUT2D eigenvalue weighted by Gasteiger charge is -2.16. The molecule has 0 amide bonds. The van der Waals surface area contributed by atoms with Crippen LogP contribution >= 0.6 is 0 Å². The van der Waals surface area contributed by atoms with E-state index in [4.69, 9.17) is 0 Å². The average molecular weight is 294 g/mol. The molecule has 0 fully saturated rings. The van der Waals surface area contributed by atoms with E-state index >= 15 is 0 Å². The molecule has 21 heavy (non-hydrogen) atoms. The number of para-hydroxylation sites is 2. The monoisotopic (exact) mass is 294 g/mol. The van der Waals surface area contributed by atoms with Gasteiger partial charge in [0.05, 0.1) is 12.2 Å². The Hall–Kier alpha value is -2.18. The van der Waals surface area contributed by atoms with Crippen LogP contribution in [-0.4, -0.2) is 21.4 Å². The Labute approximate surface area is 120 Å². The van der Waals surface area contributed by atoms with E-state index in [-0.39, 0.29) is 5.75 Å². The number of benzene rings is 1. The first-order valence-corrected chi connectivity index (χ1v) is 6.92. The Kier molecular flexibility index (Phi) is 3.98. The third-order valence-electron chi connectivity index (χ3n) is 3.48. The lowest BCUT2D eigenvalue weighted by atomic mass is 10.2. The van der Waals surface area contributed by atoms with Crippen molar-refractivity contribution in [2.45, 2.75) is 39.0 Å². The number of aryl methyl sites for hydroxylation is 1. The number of ether oxygens (including phenoxy) is 1. The van der Waals surface area contributed by atoms with E-state index < -0.39 is 6.61 Å². The minimum absolute atomic E-state index is 0.130. The van der Waals surface area contributed by atoms with Gasteiger partial charge < -0.3 is 14.6 Å². The van der Waals surface area contributed by atoms with E-state index in [0.717, 1.165) is 37.5 Å². The van der Waals surface area contributed by atoms with E-state index in [2.05, 4.69) is 24.8 Å². The van der Waals surface area contributed by atoms with Crippen LogP contribution in [0.4, 0.5) is 14.5 Å². The first-order valence-electron chi connectivity index (χ1n) is 6.92. The molecule has 0 aliphatic carbocycles. The van der Waals surface area contributed by atoms with Gasteiger partial charge in [0.1, 0.15) is 11.6 Å². The van der Waals surface area contributed by atoms with Gasteiger partial charge in [0, 0.05) is 13.0 Å². The van der Waals surface area contributed by atoms with Crippen LogP contribution in [0.25, 0.3) is 0 Å². The Balaban J connectivity index is 1.72. The van der Waals surface area contributed by atoms with Gasteiger partial charge >= 0.3 is 6.61 Å². The fraction of sp³-hybridized carbons (Fsp3) is 0.429. The van der Waals surface area contributed by atoms with Crippen molar-refractivity contribution >= 4 is 5.69 Å². The first-order chi connectivity index (χ1) is 10.2. The highest BCUT2D eigenvalue weighted by Crippen LogP contribution is 2.26. The fourth-order valence-electron chi connectivity index (χ4n) is 2.48. The van der Waals surface area contributed by atoms with Crippen LogP contribution in [0.5, 0.6) is 5.75 Å². The van der Waals surface area contributed by atoms with Gasteiger partial charge in [-0.05, 0) is 25.0 Å². The maximum absolute atomic E-state index is 12.4. The Morgan fingerprint density at radius 2 is 2.10 bits per heavy atom. The quantitative estimate of drug-likeness (QED) is 0.921. The van der Waals surface area contributed by atoms with Gasteiger partial charge in [-0.1, -0.05) is 12.1 Å². The number of fused-ring (bicyclic) bond motifs is 1. The van der Waals surface area contributed by atoms with Gasteiger partial charge in [0.25, 0.3) is 0 Å². The normalized spacial score (nSPS) is 14.0. The predicted molar refractivity (Wildman–Crippen MR) is 73.4 cm³/mol. The third kappa shape index (κ3) is 3.12. The molecule has 0 saturated carbocycles. The molecule has 0 spiro atoms. The van der Waals surface area contributed by atoms with Crippen LogP contribution in [0.1, 0.15) is 24.5 Å². The number of rotatable bonds is 5. The standard InChI is InChI=1S/C14H16F2N4O/c15-14(16)21-11-6-2-1-5-10(11)17-9-13-19-18-12-7-3-4-8-20(12)13/h1-2,5-6,14,17H,3-4,7-9H2. The molecule has 1 aromatic heterocycles. The number of aromatic nitrogens is 3. The van der Waals surface area contributed by atoms with Crippen LogP contribution in [0.2, 0.25) is 0 Å². The van der Waals surface area contributed by atoms with Crippen LogP contribution in [0, 0.1) is 0 Å². The predicted octanol–water partition coefficient (Wildman–Crippen LogP) is 2.83. The second-order valence-corrected chi connectivity index (χ2v) is 4.87. The van der Waals surface area contributed by atoms with Gasteiger partial charge in [-0.15, -0.1) is 10.2 Å². The SMILES string of the molecule is FC(F)Oc1ccccc1NCc1nnc2n1CCCC2. The molecule has 112 valence electrons. The highest BCUT2D eigenvalue weighted by Gasteiger charge is 2.16. The summed E-state index contributed by atoms with van der Waals surface area (Å²) in [6.07, 6.45) is 3.19. The number of halogens is 2. The molecule has 1 aliphatic heterocycles. The zero-order chi connectivity index (χ0) is 14.7. The summed E-state index contributed by atoms with van der Waals surface area (Å²) >= 11 is 0. The van der Waals surface area contributed by atoms with Crippen LogP contribution in [-0.2, 0) is 19.5 Å². The smallest absolute Gasteiger partial charge is 0.387 e. The molecule has 3 rings (SSSR count). The first kappa shape index (κ1) is 13.8. The third-order valence-corrected chi connectivity index (χ3v) is 3.48. The summed E-state index contributed by atoms with van der Waals surface area (Å²) in [6, 6.07) is 6.63. The van der Waals surface area contributed by atoms with Crippen molar-refractivity contribution in [1.82, 2.24) is 14.8 Å². The Bertz CT molecular complexity index is 615. The fourth-order valence-corrected chi connectivity index (χ4v) is 2.48. The van der Waals surface area contributed by atoms with E-state index in [1.807, 2.05) is 0 Å². The van der Waals surface area contributed by atoms with E-state index in [1.165, 1.54) is 6.07 Å². The van der Waals surface area contributed by atoms with E-state index in [9.17, 15) is 8.78 Å². The Morgan fingerprint density at radius 1 is 1.24 bits per heavy atom. The van der Waals surface area contributed by atoms with Gasteiger partial charge in [0.15, 0.2) is 5.82 Å². The molecular formula is C14H16F2N4O. The van der Waals surface area contributed by atoms with E-state index in [0.29, 0.717) is 12.2 Å². The summed E-state index contributed by atoms with van der Waals surface area (Å²) in [5.74, 6) is 1.94. The molecule has 0 atom stereocenters. The number of alkyl halides is 2. The zero-order valence-corrected chi connectivity index (χ0v) is 11.4. The molecule has 1 aliphatic rings. The zero-order valence-electron chi connectivity index (χ0n) is 11.4. The van der Waals surface area contributed by atoms with Gasteiger partial charge in [-0.3, -0.25) is 0 Å². The number of anilines is 1. The van der Waals surface area contributed by atoms with E-state index in [1.54, 1.807) is 18.2 Å². The molecule has 5 nitrogen and oxygen atoms in total. The molecule has 2 aromatic rings. The van der Waals surface area contributed by atoms with Crippen molar-refractivity contribution in [3.63, 3.8) is 0 Å². The van der Waals surface area contributed by atoms with Crippen LogP contribution in [0.3, 0.4) is 0 Å². The molecule has 2 heterocycles. The summed E-state index contributed by atoms with van der Waals surface area (Å²) in [5.41, 5.74) is 0.519. The summed E-state index contributed by atoms with van der Waals surface area (Å²) in [7, 11) is 0. The van der Waals surface area contributed by atoms with Crippen molar-refractivity contribution in [3.05, 3.63) is 35.9 Å². The number of hydrogen-bond donors (Lipinski definition) is 1. The Morgan fingerprint density at radius 3 is 2.95 bits per heavy atom. The molecule has 0 bridgehead atoms. The number of hydrogen-bond acceptors (Lipinski definition) is 4. The summed E-state index contributed by atoms with van der Waals surface area (Å²) in [5, 5.41) is 11.4. The minimum atomic E-state index is -2.84. The second-order valence-electron chi connectivity index (χ2n) is 4.87. The van der Waals surface area contributed by atoms with Gasteiger partial charge in [-0.25, -0.2) is 0 Å². The second kappa shape index (κ2) is 6.07.